The highest BCUT2D eigenvalue weighted by atomic mass is 32.1. The zero-order chi connectivity index (χ0) is 22.5. The maximum atomic E-state index is 13.7. The number of aryl methyl sites for hydroxylation is 2. The number of nitrogens with zero attached hydrogens (tertiary/aromatic N) is 3. The van der Waals surface area contributed by atoms with Crippen LogP contribution in [0.15, 0.2) is 30.3 Å². The number of methoxy groups -OCH3 is 2. The van der Waals surface area contributed by atoms with E-state index in [2.05, 4.69) is 18.7 Å². The Morgan fingerprint density at radius 1 is 1.00 bits per heavy atom. The number of likely N-dealkylation sites (N-methyl/N-ethyl adjacent to an activating group) is 1. The summed E-state index contributed by atoms with van der Waals surface area (Å²) in [4.78, 5) is 22.6. The van der Waals surface area contributed by atoms with E-state index in [-0.39, 0.29) is 5.91 Å². The molecular weight excluding hydrogens is 410 g/mol. The van der Waals surface area contributed by atoms with Gasteiger partial charge in [0.25, 0.3) is 5.91 Å². The topological polar surface area (TPSA) is 54.9 Å². The van der Waals surface area contributed by atoms with Crippen molar-refractivity contribution in [2.45, 2.75) is 27.7 Å². The van der Waals surface area contributed by atoms with Gasteiger partial charge in [0.1, 0.15) is 0 Å². The van der Waals surface area contributed by atoms with Gasteiger partial charge in [-0.1, -0.05) is 42.9 Å². The lowest BCUT2D eigenvalue weighted by atomic mass is 10.0. The molecule has 0 atom stereocenters. The van der Waals surface area contributed by atoms with Crippen molar-refractivity contribution in [3.05, 3.63) is 47.0 Å². The van der Waals surface area contributed by atoms with Gasteiger partial charge in [-0.25, -0.2) is 4.98 Å². The molecule has 1 heterocycles. The number of thiazole rings is 1. The van der Waals surface area contributed by atoms with Crippen molar-refractivity contribution in [2.75, 3.05) is 45.3 Å². The Morgan fingerprint density at radius 2 is 1.68 bits per heavy atom. The standard InChI is InChI=1S/C24H31N3O3S/c1-7-26(8-2)11-12-27(23(28)18-13-16(3)9-10-17(18)4)24-25-19-14-20(29-5)21(30-6)15-22(19)31-24/h9-10,13-15H,7-8,11-12H2,1-6H3. The van der Waals surface area contributed by atoms with E-state index in [4.69, 9.17) is 14.5 Å². The van der Waals surface area contributed by atoms with Crippen LogP contribution in [-0.2, 0) is 0 Å². The van der Waals surface area contributed by atoms with Gasteiger partial charge in [-0.2, -0.15) is 0 Å². The molecule has 3 rings (SSSR count). The van der Waals surface area contributed by atoms with Crippen molar-refractivity contribution in [1.29, 1.82) is 0 Å². The summed E-state index contributed by atoms with van der Waals surface area (Å²) in [5.74, 6) is 1.26. The molecule has 0 aliphatic heterocycles. The fraction of sp³-hybridized carbons (Fsp3) is 0.417. The summed E-state index contributed by atoms with van der Waals surface area (Å²) < 4.78 is 11.8. The van der Waals surface area contributed by atoms with Gasteiger partial charge in [0.05, 0.1) is 24.4 Å². The third-order valence-corrected chi connectivity index (χ3v) is 6.56. The quantitative estimate of drug-likeness (QED) is 0.472. The lowest BCUT2D eigenvalue weighted by Gasteiger charge is -2.25. The molecule has 31 heavy (non-hydrogen) atoms. The normalized spacial score (nSPS) is 11.2. The van der Waals surface area contributed by atoms with Gasteiger partial charge < -0.3 is 14.4 Å². The third kappa shape index (κ3) is 4.99. The highest BCUT2D eigenvalue weighted by Gasteiger charge is 2.24. The van der Waals surface area contributed by atoms with E-state index in [1.54, 1.807) is 14.2 Å². The lowest BCUT2D eigenvalue weighted by Crippen LogP contribution is -2.39. The van der Waals surface area contributed by atoms with E-state index in [0.717, 1.165) is 41.0 Å². The Morgan fingerprint density at radius 3 is 2.32 bits per heavy atom. The monoisotopic (exact) mass is 441 g/mol. The van der Waals surface area contributed by atoms with Crippen LogP contribution >= 0.6 is 11.3 Å². The highest BCUT2D eigenvalue weighted by Crippen LogP contribution is 2.37. The number of carbonyl (C=O) groups excluding carboxylic acids is 1. The van der Waals surface area contributed by atoms with Crippen LogP contribution in [0, 0.1) is 13.8 Å². The number of anilines is 1. The molecular formula is C24H31N3O3S. The molecule has 0 saturated carbocycles. The summed E-state index contributed by atoms with van der Waals surface area (Å²) in [7, 11) is 3.23. The molecule has 0 N–H and O–H groups in total. The van der Waals surface area contributed by atoms with Crippen molar-refractivity contribution in [3.63, 3.8) is 0 Å². The van der Waals surface area contributed by atoms with E-state index in [9.17, 15) is 4.79 Å². The number of amides is 1. The van der Waals surface area contributed by atoms with Gasteiger partial charge in [-0.05, 0) is 38.6 Å². The zero-order valence-corrected chi connectivity index (χ0v) is 20.0. The van der Waals surface area contributed by atoms with Crippen LogP contribution in [0.5, 0.6) is 11.5 Å². The van der Waals surface area contributed by atoms with Gasteiger partial charge in [0.15, 0.2) is 16.6 Å². The molecule has 3 aromatic rings. The van der Waals surface area contributed by atoms with Crippen molar-refractivity contribution in [1.82, 2.24) is 9.88 Å². The molecule has 0 spiro atoms. The van der Waals surface area contributed by atoms with E-state index in [0.29, 0.717) is 28.7 Å². The Hall–Kier alpha value is -2.64. The Bertz CT molecular complexity index is 1020. The van der Waals surface area contributed by atoms with Crippen molar-refractivity contribution in [3.8, 4) is 11.5 Å². The number of carbonyl (C=O) groups is 1. The summed E-state index contributed by atoms with van der Waals surface area (Å²) in [5, 5.41) is 0.684. The van der Waals surface area contributed by atoms with Gasteiger partial charge >= 0.3 is 0 Å². The number of hydrogen-bond acceptors (Lipinski definition) is 6. The lowest BCUT2D eigenvalue weighted by molar-refractivity contribution is 0.0983. The average molecular weight is 442 g/mol. The van der Waals surface area contributed by atoms with E-state index in [1.165, 1.54) is 11.3 Å². The summed E-state index contributed by atoms with van der Waals surface area (Å²) >= 11 is 1.49. The predicted molar refractivity (Wildman–Crippen MR) is 128 cm³/mol. The molecule has 0 saturated heterocycles. The molecule has 0 unspecified atom stereocenters. The van der Waals surface area contributed by atoms with Crippen molar-refractivity contribution < 1.29 is 14.3 Å². The number of hydrogen-bond donors (Lipinski definition) is 0. The Balaban J connectivity index is 2.04. The minimum atomic E-state index is -0.0219. The maximum absolute atomic E-state index is 13.7. The number of fused-ring (bicyclic) bond motifs is 1. The van der Waals surface area contributed by atoms with Crippen LogP contribution in [0.1, 0.15) is 35.3 Å². The second-order valence-electron chi connectivity index (χ2n) is 7.47. The van der Waals surface area contributed by atoms with Crippen LogP contribution in [0.2, 0.25) is 0 Å². The smallest absolute Gasteiger partial charge is 0.260 e. The molecule has 1 amide bonds. The van der Waals surface area contributed by atoms with Gasteiger partial charge in [0, 0.05) is 30.8 Å². The van der Waals surface area contributed by atoms with Gasteiger partial charge in [-0.15, -0.1) is 0 Å². The second-order valence-corrected chi connectivity index (χ2v) is 8.48. The maximum Gasteiger partial charge on any atom is 0.260 e. The van der Waals surface area contributed by atoms with Crippen molar-refractivity contribution in [2.24, 2.45) is 0 Å². The van der Waals surface area contributed by atoms with Crippen LogP contribution in [0.25, 0.3) is 10.2 Å². The fourth-order valence-electron chi connectivity index (χ4n) is 3.54. The largest absolute Gasteiger partial charge is 0.493 e. The van der Waals surface area contributed by atoms with Crippen LogP contribution in [-0.4, -0.2) is 56.2 Å². The first-order valence-corrected chi connectivity index (χ1v) is 11.4. The SMILES string of the molecule is CCN(CC)CCN(C(=O)c1cc(C)ccc1C)c1nc2cc(OC)c(OC)cc2s1. The molecule has 166 valence electrons. The molecule has 0 fully saturated rings. The Labute approximate surface area is 188 Å². The minimum Gasteiger partial charge on any atom is -0.493 e. The minimum absolute atomic E-state index is 0.0219. The van der Waals surface area contributed by atoms with Crippen LogP contribution in [0.4, 0.5) is 5.13 Å². The summed E-state index contributed by atoms with van der Waals surface area (Å²) in [6.45, 7) is 11.5. The molecule has 6 nitrogen and oxygen atoms in total. The first-order valence-electron chi connectivity index (χ1n) is 10.6. The second kappa shape index (κ2) is 10.1. The predicted octanol–water partition coefficient (Wildman–Crippen LogP) is 4.92. The van der Waals surface area contributed by atoms with Crippen LogP contribution < -0.4 is 14.4 Å². The number of benzene rings is 2. The number of ether oxygens (including phenoxy) is 2. The average Bonchev–Trinajstić information content (AvgIpc) is 3.19. The molecule has 0 aliphatic rings. The molecule has 0 bridgehead atoms. The molecule has 0 radical (unpaired) electrons. The molecule has 1 aromatic heterocycles. The number of aromatic nitrogens is 1. The van der Waals surface area contributed by atoms with Gasteiger partial charge in [-0.3, -0.25) is 9.69 Å². The summed E-state index contributed by atoms with van der Waals surface area (Å²) in [6.07, 6.45) is 0. The Kier molecular flexibility index (Phi) is 7.51. The van der Waals surface area contributed by atoms with E-state index in [1.807, 2.05) is 49.1 Å². The van der Waals surface area contributed by atoms with E-state index < -0.39 is 0 Å². The third-order valence-electron chi connectivity index (χ3n) is 5.52. The number of rotatable bonds is 9. The first-order chi connectivity index (χ1) is 14.9. The molecule has 7 heteroatoms. The molecule has 0 aliphatic carbocycles. The zero-order valence-electron chi connectivity index (χ0n) is 19.2. The van der Waals surface area contributed by atoms with Gasteiger partial charge in [0.2, 0.25) is 0 Å². The fourth-order valence-corrected chi connectivity index (χ4v) is 4.54. The highest BCUT2D eigenvalue weighted by molar-refractivity contribution is 7.22. The summed E-state index contributed by atoms with van der Waals surface area (Å²) in [6, 6.07) is 9.77. The summed E-state index contributed by atoms with van der Waals surface area (Å²) in [5.41, 5.74) is 3.54. The van der Waals surface area contributed by atoms with Crippen LogP contribution in [0.3, 0.4) is 0 Å². The van der Waals surface area contributed by atoms with E-state index >= 15 is 0 Å². The molecule has 2 aromatic carbocycles. The first kappa shape index (κ1) is 23.0. The van der Waals surface area contributed by atoms with Crippen molar-refractivity contribution >= 4 is 32.6 Å².